The van der Waals surface area contributed by atoms with Crippen molar-refractivity contribution in [3.8, 4) is 0 Å². The molecule has 55 heavy (non-hydrogen) atoms. The molecule has 0 aliphatic heterocycles. The Kier molecular flexibility index (Phi) is 44.3. The van der Waals surface area contributed by atoms with E-state index in [9.17, 15) is 0 Å². The van der Waals surface area contributed by atoms with Crippen molar-refractivity contribution in [2.75, 3.05) is 0 Å². The highest BCUT2D eigenvalue weighted by atomic mass is 14.7. The van der Waals surface area contributed by atoms with Gasteiger partial charge in [0.25, 0.3) is 0 Å². The molecule has 0 aliphatic carbocycles. The highest BCUT2D eigenvalue weighted by Gasteiger charge is 1.93. The van der Waals surface area contributed by atoms with Crippen LogP contribution in [0.4, 0.5) is 0 Å². The Morgan fingerprint density at radius 1 is 0.327 bits per heavy atom. The van der Waals surface area contributed by atoms with Crippen LogP contribution in [0.2, 0.25) is 0 Å². The molecule has 5 heteroatoms. The van der Waals surface area contributed by atoms with Gasteiger partial charge in [0.1, 0.15) is 0 Å². The van der Waals surface area contributed by atoms with Crippen LogP contribution in [0, 0.1) is 34.6 Å². The summed E-state index contributed by atoms with van der Waals surface area (Å²) in [6, 6.07) is 34.4. The van der Waals surface area contributed by atoms with Gasteiger partial charge in [0.2, 0.25) is 0 Å². The molecular formula is C50H75N5. The number of aryl methyl sites for hydroxylation is 5. The molecule has 5 heterocycles. The van der Waals surface area contributed by atoms with E-state index in [-0.39, 0.29) is 0 Å². The minimum Gasteiger partial charge on any atom is -0.265 e. The first-order valence-corrected chi connectivity index (χ1v) is 20.1. The van der Waals surface area contributed by atoms with E-state index in [4.69, 9.17) is 0 Å². The molecule has 0 saturated carbocycles. The van der Waals surface area contributed by atoms with E-state index in [2.05, 4.69) is 55.3 Å². The number of pyridine rings is 5. The molecule has 0 saturated heterocycles. The number of fused-ring (bicyclic) bond motifs is 2. The number of rotatable bonds is 0. The van der Waals surface area contributed by atoms with Crippen LogP contribution in [0.3, 0.4) is 0 Å². The van der Waals surface area contributed by atoms with Gasteiger partial charge in [-0.25, -0.2) is 0 Å². The Morgan fingerprint density at radius 2 is 0.873 bits per heavy atom. The van der Waals surface area contributed by atoms with E-state index >= 15 is 0 Å². The van der Waals surface area contributed by atoms with Crippen molar-refractivity contribution in [3.63, 3.8) is 0 Å². The summed E-state index contributed by atoms with van der Waals surface area (Å²) in [7, 11) is 0. The van der Waals surface area contributed by atoms with Crippen LogP contribution >= 0.6 is 0 Å². The van der Waals surface area contributed by atoms with E-state index in [1.807, 2.05) is 209 Å². The van der Waals surface area contributed by atoms with Gasteiger partial charge in [0, 0.05) is 71.2 Å². The summed E-state index contributed by atoms with van der Waals surface area (Å²) in [6.45, 7) is 34.1. The average Bonchev–Trinajstić information content (AvgIpc) is 3.27. The first kappa shape index (κ1) is 56.4. The zero-order valence-electron chi connectivity index (χ0n) is 37.6. The van der Waals surface area contributed by atoms with E-state index < -0.39 is 0 Å². The number of nitrogens with zero attached hydrogens (tertiary/aromatic N) is 5. The molecule has 0 aliphatic rings. The van der Waals surface area contributed by atoms with Crippen molar-refractivity contribution >= 4 is 21.5 Å². The molecule has 0 spiro atoms. The fraction of sp³-hybridized carbons (Fsp3) is 0.340. The van der Waals surface area contributed by atoms with Gasteiger partial charge in [-0.05, 0) is 99.0 Å². The maximum Gasteiger partial charge on any atom is 0.0450 e. The molecule has 7 aromatic rings. The lowest BCUT2D eigenvalue weighted by Crippen LogP contribution is -1.80. The van der Waals surface area contributed by atoms with Crippen LogP contribution in [-0.4, -0.2) is 24.9 Å². The number of aromatic nitrogens is 5. The van der Waals surface area contributed by atoms with Gasteiger partial charge in [-0.2, -0.15) is 0 Å². The van der Waals surface area contributed by atoms with E-state index in [1.54, 1.807) is 24.8 Å². The summed E-state index contributed by atoms with van der Waals surface area (Å²) in [6.07, 6.45) is 12.7. The van der Waals surface area contributed by atoms with Gasteiger partial charge in [0.15, 0.2) is 0 Å². The van der Waals surface area contributed by atoms with Gasteiger partial charge >= 0.3 is 0 Å². The van der Waals surface area contributed by atoms with Gasteiger partial charge < -0.3 is 0 Å². The third-order valence-electron chi connectivity index (χ3n) is 6.11. The van der Waals surface area contributed by atoms with Crippen LogP contribution in [0.1, 0.15) is 111 Å². The van der Waals surface area contributed by atoms with E-state index in [1.165, 1.54) is 32.7 Å². The molecule has 300 valence electrons. The Morgan fingerprint density at radius 3 is 1.29 bits per heavy atom. The fourth-order valence-corrected chi connectivity index (χ4v) is 3.79. The Balaban J connectivity index is -0.000000280. The lowest BCUT2D eigenvalue weighted by molar-refractivity contribution is 1.20. The maximum atomic E-state index is 4.21. The zero-order valence-corrected chi connectivity index (χ0v) is 37.6. The molecule has 0 bridgehead atoms. The Labute approximate surface area is 337 Å². The predicted molar refractivity (Wildman–Crippen MR) is 248 cm³/mol. The lowest BCUT2D eigenvalue weighted by atomic mass is 10.1. The average molecular weight is 746 g/mol. The summed E-state index contributed by atoms with van der Waals surface area (Å²) in [5, 5.41) is 4.98. The molecule has 5 nitrogen and oxygen atoms in total. The summed E-state index contributed by atoms with van der Waals surface area (Å²) in [4.78, 5) is 20.1. The minimum atomic E-state index is 1.07. The summed E-state index contributed by atoms with van der Waals surface area (Å²) < 4.78 is 0. The largest absolute Gasteiger partial charge is 0.265 e. The molecule has 7 rings (SSSR count). The molecular weight excluding hydrogens is 671 g/mol. The molecule has 5 aromatic heterocycles. The molecule has 0 N–H and O–H groups in total. The van der Waals surface area contributed by atoms with Gasteiger partial charge in [-0.3, -0.25) is 24.9 Å². The van der Waals surface area contributed by atoms with Crippen LogP contribution in [0.15, 0.2) is 147 Å². The minimum absolute atomic E-state index is 1.07. The highest BCUT2D eigenvalue weighted by Crippen LogP contribution is 2.14. The molecule has 0 atom stereocenters. The van der Waals surface area contributed by atoms with E-state index in [0.29, 0.717) is 0 Å². The fourth-order valence-electron chi connectivity index (χ4n) is 3.79. The smallest absolute Gasteiger partial charge is 0.0450 e. The zero-order chi connectivity index (χ0) is 42.7. The summed E-state index contributed by atoms with van der Waals surface area (Å²) in [5.74, 6) is 0. The van der Waals surface area contributed by atoms with Crippen LogP contribution in [-0.2, 0) is 0 Å². The van der Waals surface area contributed by atoms with Crippen molar-refractivity contribution in [2.24, 2.45) is 0 Å². The second-order valence-electron chi connectivity index (χ2n) is 9.82. The molecule has 2 aromatic carbocycles. The highest BCUT2D eigenvalue weighted by molar-refractivity contribution is 5.84. The molecule has 0 radical (unpaired) electrons. The first-order valence-electron chi connectivity index (χ1n) is 20.1. The predicted octanol–water partition coefficient (Wildman–Crippen LogP) is 15.4. The SMILES string of the molecule is CC.CC.CC.CC.CC.CC.Cc1cc2ccccc2cn1.Cc1ccccn1.Cc1cccnc1.Cc1ccncc1.Cc1nccc2ccccc12. The van der Waals surface area contributed by atoms with Crippen LogP contribution in [0.5, 0.6) is 0 Å². The maximum absolute atomic E-state index is 4.21. The Bertz CT molecular complexity index is 1660. The number of hydrogen-bond acceptors (Lipinski definition) is 5. The van der Waals surface area contributed by atoms with Crippen molar-refractivity contribution in [1.82, 2.24) is 24.9 Å². The summed E-state index contributed by atoms with van der Waals surface area (Å²) in [5.41, 5.74) is 5.71. The van der Waals surface area contributed by atoms with Crippen LogP contribution < -0.4 is 0 Å². The third kappa shape index (κ3) is 29.8. The third-order valence-corrected chi connectivity index (χ3v) is 6.11. The quantitative estimate of drug-likeness (QED) is 0.155. The monoisotopic (exact) mass is 746 g/mol. The lowest BCUT2D eigenvalue weighted by Gasteiger charge is -1.97. The van der Waals surface area contributed by atoms with E-state index in [0.717, 1.165) is 17.1 Å². The first-order chi connectivity index (χ1) is 26.9. The summed E-state index contributed by atoms with van der Waals surface area (Å²) >= 11 is 0. The standard InChI is InChI=1S/2C10H9N.3C6H7N.6C2H6/c1-8-6-9-4-2-3-5-10(9)7-11-8;1-8-10-5-3-2-4-9(10)6-7-11-8;1-6-2-4-7-5-3-6;1-6-3-2-4-7-5-6;1-6-4-2-3-5-7-6;6*1-2/h2*2-7H,1H3;3*2-5H,1H3;6*1-2H3. The Hall–Kier alpha value is -5.29. The van der Waals surface area contributed by atoms with Gasteiger partial charge in [-0.15, -0.1) is 0 Å². The van der Waals surface area contributed by atoms with Gasteiger partial charge in [0.05, 0.1) is 0 Å². The van der Waals surface area contributed by atoms with Crippen molar-refractivity contribution in [2.45, 2.75) is 118 Å². The van der Waals surface area contributed by atoms with Crippen molar-refractivity contribution in [1.29, 1.82) is 0 Å². The number of benzene rings is 2. The van der Waals surface area contributed by atoms with Gasteiger partial charge in [-0.1, -0.05) is 144 Å². The van der Waals surface area contributed by atoms with Crippen molar-refractivity contribution < 1.29 is 0 Å². The second kappa shape index (κ2) is 43.1. The normalized spacial score (nSPS) is 8.09. The topological polar surface area (TPSA) is 64.5 Å². The molecule has 0 fully saturated rings. The molecule has 0 amide bonds. The molecule has 0 unspecified atom stereocenters. The second-order valence-corrected chi connectivity index (χ2v) is 9.82. The van der Waals surface area contributed by atoms with Crippen LogP contribution in [0.25, 0.3) is 21.5 Å². The number of hydrogen-bond donors (Lipinski definition) is 0. The van der Waals surface area contributed by atoms with Crippen molar-refractivity contribution in [3.05, 3.63) is 175 Å².